The van der Waals surface area contributed by atoms with E-state index in [0.29, 0.717) is 5.57 Å². The predicted octanol–water partition coefficient (Wildman–Crippen LogP) is 6.43. The maximum Gasteiger partial charge on any atom is 0.256 e. The molecule has 4 nitrogen and oxygen atoms in total. The molecule has 2 heterocycles. The fraction of sp³-hybridized carbons (Fsp3) is 0.138. The minimum Gasteiger partial charge on any atom is -0.378 e. The summed E-state index contributed by atoms with van der Waals surface area (Å²) in [5.74, 6) is -0.125. The van der Waals surface area contributed by atoms with E-state index in [0.717, 1.165) is 59.2 Å². The number of benzene rings is 3. The molecule has 5 rings (SSSR count). The number of hydrogen-bond donors (Lipinski definition) is 1. The molecule has 0 radical (unpaired) electrons. The zero-order valence-electron chi connectivity index (χ0n) is 18.8. The van der Waals surface area contributed by atoms with Crippen molar-refractivity contribution in [2.75, 3.05) is 36.5 Å². The highest BCUT2D eigenvalue weighted by Gasteiger charge is 2.15. The van der Waals surface area contributed by atoms with E-state index in [9.17, 15) is 4.79 Å². The minimum absolute atomic E-state index is 0.125. The SMILES string of the molecule is O=C(Nc1ccc(N2CCOCC2)cc1)C(=Cc1cccs1)c1ccc(-c2ccccc2)cc1. The van der Waals surface area contributed by atoms with E-state index in [-0.39, 0.29) is 5.91 Å². The largest absolute Gasteiger partial charge is 0.378 e. The molecule has 0 atom stereocenters. The molecule has 1 N–H and O–H groups in total. The van der Waals surface area contributed by atoms with Crippen molar-refractivity contribution < 1.29 is 9.53 Å². The Hall–Kier alpha value is -3.67. The van der Waals surface area contributed by atoms with Crippen LogP contribution < -0.4 is 10.2 Å². The number of morpholine rings is 1. The lowest BCUT2D eigenvalue weighted by atomic mass is 9.99. The van der Waals surface area contributed by atoms with Crippen LogP contribution in [0.4, 0.5) is 11.4 Å². The summed E-state index contributed by atoms with van der Waals surface area (Å²) >= 11 is 1.62. The van der Waals surface area contributed by atoms with Gasteiger partial charge in [-0.25, -0.2) is 0 Å². The van der Waals surface area contributed by atoms with Gasteiger partial charge in [0.05, 0.1) is 13.2 Å². The quantitative estimate of drug-likeness (QED) is 0.333. The third-order valence-corrected chi connectivity index (χ3v) is 6.70. The van der Waals surface area contributed by atoms with Crippen LogP contribution >= 0.6 is 11.3 Å². The molecule has 5 heteroatoms. The molecule has 1 aliphatic rings. The zero-order chi connectivity index (χ0) is 23.2. The van der Waals surface area contributed by atoms with Gasteiger partial charge in [-0.2, -0.15) is 0 Å². The van der Waals surface area contributed by atoms with Gasteiger partial charge in [-0.15, -0.1) is 11.3 Å². The summed E-state index contributed by atoms with van der Waals surface area (Å²) < 4.78 is 5.44. The third-order valence-electron chi connectivity index (χ3n) is 5.88. The summed E-state index contributed by atoms with van der Waals surface area (Å²) in [5, 5.41) is 5.10. The number of rotatable bonds is 6. The molecule has 0 unspecified atom stereocenters. The highest BCUT2D eigenvalue weighted by Crippen LogP contribution is 2.27. The van der Waals surface area contributed by atoms with E-state index in [4.69, 9.17) is 4.74 Å². The number of carbonyl (C=O) groups excluding carboxylic acids is 1. The fourth-order valence-electron chi connectivity index (χ4n) is 4.04. The number of carbonyl (C=O) groups is 1. The average molecular weight is 467 g/mol. The maximum atomic E-state index is 13.4. The topological polar surface area (TPSA) is 41.6 Å². The van der Waals surface area contributed by atoms with E-state index in [1.165, 1.54) is 0 Å². The van der Waals surface area contributed by atoms with Crippen molar-refractivity contribution in [2.45, 2.75) is 0 Å². The Kier molecular flexibility index (Phi) is 6.84. The molecule has 1 aromatic heterocycles. The van der Waals surface area contributed by atoms with E-state index in [1.807, 2.05) is 66.1 Å². The van der Waals surface area contributed by atoms with Gasteiger partial charge in [0.15, 0.2) is 0 Å². The van der Waals surface area contributed by atoms with Crippen molar-refractivity contribution in [1.29, 1.82) is 0 Å². The Morgan fingerprint density at radius 3 is 2.21 bits per heavy atom. The second-order valence-electron chi connectivity index (χ2n) is 8.12. The second kappa shape index (κ2) is 10.5. The van der Waals surface area contributed by atoms with Crippen LogP contribution in [0.15, 0.2) is 96.4 Å². The molecule has 4 aromatic rings. The minimum atomic E-state index is -0.125. The van der Waals surface area contributed by atoms with Gasteiger partial charge in [0.1, 0.15) is 0 Å². The summed E-state index contributed by atoms with van der Waals surface area (Å²) in [5.41, 5.74) is 5.73. The molecule has 0 bridgehead atoms. The third kappa shape index (κ3) is 5.28. The first-order valence-electron chi connectivity index (χ1n) is 11.4. The van der Waals surface area contributed by atoms with Gasteiger partial charge >= 0.3 is 0 Å². The van der Waals surface area contributed by atoms with Gasteiger partial charge in [0.2, 0.25) is 0 Å². The molecular weight excluding hydrogens is 440 g/mol. The summed E-state index contributed by atoms with van der Waals surface area (Å²) in [6.45, 7) is 3.27. The van der Waals surface area contributed by atoms with E-state index in [2.05, 4.69) is 46.6 Å². The standard InChI is InChI=1S/C29H26N2O2S/c32-29(30-25-12-14-26(15-13-25)31-16-18-33-19-17-31)28(21-27-7-4-20-34-27)24-10-8-23(9-11-24)22-5-2-1-3-6-22/h1-15,20-21H,16-19H2,(H,30,32). The number of nitrogens with zero attached hydrogens (tertiary/aromatic N) is 1. The Morgan fingerprint density at radius 2 is 1.53 bits per heavy atom. The number of hydrogen-bond acceptors (Lipinski definition) is 4. The van der Waals surface area contributed by atoms with Gasteiger partial charge < -0.3 is 15.0 Å². The number of ether oxygens (including phenoxy) is 1. The van der Waals surface area contributed by atoms with Gasteiger partial charge in [0, 0.05) is 34.9 Å². The first-order chi connectivity index (χ1) is 16.8. The Labute approximate surface area is 204 Å². The number of nitrogens with one attached hydrogen (secondary N) is 1. The first kappa shape index (κ1) is 22.1. The van der Waals surface area contributed by atoms with Crippen molar-refractivity contribution >= 4 is 40.3 Å². The first-order valence-corrected chi connectivity index (χ1v) is 12.3. The molecule has 1 fully saturated rings. The van der Waals surface area contributed by atoms with Crippen LogP contribution in [-0.4, -0.2) is 32.2 Å². The predicted molar refractivity (Wildman–Crippen MR) is 142 cm³/mol. The average Bonchev–Trinajstić information content (AvgIpc) is 3.42. The van der Waals surface area contributed by atoms with Gasteiger partial charge in [0.25, 0.3) is 5.91 Å². The van der Waals surface area contributed by atoms with Crippen molar-refractivity contribution in [3.8, 4) is 11.1 Å². The van der Waals surface area contributed by atoms with E-state index < -0.39 is 0 Å². The van der Waals surface area contributed by atoms with Gasteiger partial charge in [-0.3, -0.25) is 4.79 Å². The van der Waals surface area contributed by atoms with Crippen LogP contribution in [0.3, 0.4) is 0 Å². The Bertz CT molecular complexity index is 1240. The normalized spacial score (nSPS) is 14.1. The smallest absolute Gasteiger partial charge is 0.256 e. The van der Waals surface area contributed by atoms with Crippen LogP contribution in [-0.2, 0) is 9.53 Å². The summed E-state index contributed by atoms with van der Waals surface area (Å²) in [4.78, 5) is 16.7. The number of thiophene rings is 1. The summed E-state index contributed by atoms with van der Waals surface area (Å²) in [6.07, 6.45) is 1.96. The molecule has 34 heavy (non-hydrogen) atoms. The lowest BCUT2D eigenvalue weighted by Crippen LogP contribution is -2.36. The van der Waals surface area contributed by atoms with Crippen LogP contribution in [0.5, 0.6) is 0 Å². The van der Waals surface area contributed by atoms with E-state index >= 15 is 0 Å². The Balaban J connectivity index is 1.37. The second-order valence-corrected chi connectivity index (χ2v) is 9.10. The fourth-order valence-corrected chi connectivity index (χ4v) is 4.70. The van der Waals surface area contributed by atoms with Crippen LogP contribution in [0.25, 0.3) is 22.8 Å². The van der Waals surface area contributed by atoms with Crippen molar-refractivity contribution in [2.24, 2.45) is 0 Å². The molecule has 1 amide bonds. The van der Waals surface area contributed by atoms with E-state index in [1.54, 1.807) is 11.3 Å². The monoisotopic (exact) mass is 466 g/mol. The highest BCUT2D eigenvalue weighted by atomic mass is 32.1. The van der Waals surface area contributed by atoms with Crippen molar-refractivity contribution in [3.05, 3.63) is 107 Å². The molecule has 1 aliphatic heterocycles. The summed E-state index contributed by atoms with van der Waals surface area (Å²) in [6, 6.07) is 30.5. The molecule has 0 aliphatic carbocycles. The molecular formula is C29H26N2O2S. The molecule has 0 saturated carbocycles. The van der Waals surface area contributed by atoms with Crippen molar-refractivity contribution in [3.63, 3.8) is 0 Å². The molecule has 1 saturated heterocycles. The highest BCUT2D eigenvalue weighted by molar-refractivity contribution is 7.11. The van der Waals surface area contributed by atoms with Crippen LogP contribution in [0, 0.1) is 0 Å². The summed E-state index contributed by atoms with van der Waals surface area (Å²) in [7, 11) is 0. The number of amides is 1. The maximum absolute atomic E-state index is 13.4. The lowest BCUT2D eigenvalue weighted by Gasteiger charge is -2.28. The molecule has 3 aromatic carbocycles. The molecule has 170 valence electrons. The van der Waals surface area contributed by atoms with Crippen LogP contribution in [0.2, 0.25) is 0 Å². The van der Waals surface area contributed by atoms with Crippen molar-refractivity contribution in [1.82, 2.24) is 0 Å². The lowest BCUT2D eigenvalue weighted by molar-refractivity contribution is -0.111. The van der Waals surface area contributed by atoms with Gasteiger partial charge in [-0.1, -0.05) is 60.7 Å². The van der Waals surface area contributed by atoms with Crippen LogP contribution in [0.1, 0.15) is 10.4 Å². The molecule has 0 spiro atoms. The zero-order valence-corrected chi connectivity index (χ0v) is 19.6. The van der Waals surface area contributed by atoms with Gasteiger partial charge in [-0.05, 0) is 58.5 Å². The number of anilines is 2. The Morgan fingerprint density at radius 1 is 0.824 bits per heavy atom.